The molecule has 0 bridgehead atoms. The fourth-order valence-corrected chi connectivity index (χ4v) is 3.86. The van der Waals surface area contributed by atoms with E-state index in [1.54, 1.807) is 18.3 Å². The van der Waals surface area contributed by atoms with Crippen LogP contribution in [0.5, 0.6) is 11.5 Å². The van der Waals surface area contributed by atoms with Gasteiger partial charge in [-0.1, -0.05) is 24.8 Å². The quantitative estimate of drug-likeness (QED) is 0.258. The van der Waals surface area contributed by atoms with Gasteiger partial charge in [-0.15, -0.1) is 0 Å². The van der Waals surface area contributed by atoms with Crippen LogP contribution in [0.1, 0.15) is 15.9 Å². The Kier molecular flexibility index (Phi) is 10.1. The number of likely N-dealkylation sites (N-methyl/N-ethyl adjacent to an activating group) is 2. The summed E-state index contributed by atoms with van der Waals surface area (Å²) in [5, 5.41) is 2.79. The number of aliphatic imine (C=N–C) groups is 1. The molecular formula is C29H35FN6O3. The Balaban J connectivity index is 1.89. The first-order valence-electron chi connectivity index (χ1n) is 12.3. The van der Waals surface area contributed by atoms with Crippen molar-refractivity contribution in [3.8, 4) is 22.6 Å². The Morgan fingerprint density at radius 2 is 1.90 bits per heavy atom. The van der Waals surface area contributed by atoms with E-state index in [9.17, 15) is 4.79 Å². The highest BCUT2D eigenvalue weighted by Gasteiger charge is 2.21. The number of benzene rings is 2. The number of halogens is 1. The molecule has 3 aromatic rings. The second-order valence-electron chi connectivity index (χ2n) is 9.17. The van der Waals surface area contributed by atoms with Gasteiger partial charge in [-0.05, 0) is 44.9 Å². The van der Waals surface area contributed by atoms with Crippen LogP contribution in [0.3, 0.4) is 0 Å². The minimum Gasteiger partial charge on any atom is -0.497 e. The topological polar surface area (TPSA) is 105 Å². The minimum absolute atomic E-state index is 0.000118. The van der Waals surface area contributed by atoms with Gasteiger partial charge in [-0.2, -0.15) is 0 Å². The molecule has 0 saturated carbocycles. The van der Waals surface area contributed by atoms with Crippen molar-refractivity contribution in [2.45, 2.75) is 6.54 Å². The zero-order valence-electron chi connectivity index (χ0n) is 23.0. The van der Waals surface area contributed by atoms with Crippen molar-refractivity contribution in [1.82, 2.24) is 14.8 Å². The van der Waals surface area contributed by atoms with Gasteiger partial charge in [-0.3, -0.25) is 9.79 Å². The molecule has 0 aliphatic heterocycles. The Bertz CT molecular complexity index is 1340. The summed E-state index contributed by atoms with van der Waals surface area (Å²) in [6.07, 6.45) is 4.60. The number of nitrogens with zero attached hydrogens (tertiary/aromatic N) is 4. The Morgan fingerprint density at radius 1 is 1.13 bits per heavy atom. The highest BCUT2D eigenvalue weighted by atomic mass is 19.1. The second-order valence-corrected chi connectivity index (χ2v) is 9.17. The summed E-state index contributed by atoms with van der Waals surface area (Å²) in [6.45, 7) is 6.25. The van der Waals surface area contributed by atoms with E-state index in [0.717, 1.165) is 25.2 Å². The number of carbonyl (C=O) groups is 1. The zero-order chi connectivity index (χ0) is 28.5. The molecule has 3 N–H and O–H groups in total. The van der Waals surface area contributed by atoms with E-state index in [0.29, 0.717) is 17.1 Å². The van der Waals surface area contributed by atoms with Crippen LogP contribution in [0, 0.1) is 5.82 Å². The zero-order valence-corrected chi connectivity index (χ0v) is 23.0. The van der Waals surface area contributed by atoms with E-state index < -0.39 is 11.7 Å². The van der Waals surface area contributed by atoms with Crippen molar-refractivity contribution >= 4 is 29.3 Å². The molecular weight excluding hydrogens is 499 g/mol. The Morgan fingerprint density at radius 3 is 2.51 bits per heavy atom. The molecule has 39 heavy (non-hydrogen) atoms. The number of rotatable bonds is 12. The average Bonchev–Trinajstić information content (AvgIpc) is 2.92. The maximum absolute atomic E-state index is 15.2. The van der Waals surface area contributed by atoms with Gasteiger partial charge in [0.2, 0.25) is 0 Å². The maximum Gasteiger partial charge on any atom is 0.259 e. The molecule has 206 valence electrons. The molecule has 0 aliphatic carbocycles. The smallest absolute Gasteiger partial charge is 0.259 e. The first-order chi connectivity index (χ1) is 18.7. The molecule has 0 radical (unpaired) electrons. The number of nitrogens with one attached hydrogen (secondary N) is 1. The molecule has 0 spiro atoms. The third-order valence-electron chi connectivity index (χ3n) is 5.98. The number of carbonyl (C=O) groups excluding carboxylic acids is 1. The largest absolute Gasteiger partial charge is 0.497 e. The number of nitrogens with two attached hydrogens (primary N) is 1. The summed E-state index contributed by atoms with van der Waals surface area (Å²) in [4.78, 5) is 26.3. The Hall–Kier alpha value is -4.28. The molecule has 1 aromatic heterocycles. The van der Waals surface area contributed by atoms with Gasteiger partial charge in [0.15, 0.2) is 11.6 Å². The van der Waals surface area contributed by atoms with Crippen molar-refractivity contribution < 1.29 is 18.7 Å². The maximum atomic E-state index is 15.2. The lowest BCUT2D eigenvalue weighted by Gasteiger charge is -2.19. The number of anilines is 2. The standard InChI is InChI=1S/C29H35FN6O3/c1-7-12-32-28-22(10-9-21(27(28)31)23-15-20(38-5)16-24(39-6)26(23)30)29(37)34-25-11-8-19(17-33-25)18-36(4)14-13-35(2)3/h7-12,15-17H,1,13-14,18,31H2,2-6H3,(H,33,34,37)/b32-12-. The van der Waals surface area contributed by atoms with Crippen molar-refractivity contribution in [3.05, 3.63) is 72.2 Å². The van der Waals surface area contributed by atoms with E-state index in [2.05, 4.69) is 31.7 Å². The molecule has 1 amide bonds. The molecule has 2 aromatic carbocycles. The predicted octanol–water partition coefficient (Wildman–Crippen LogP) is 4.62. The second kappa shape index (κ2) is 13.5. The summed E-state index contributed by atoms with van der Waals surface area (Å²) < 4.78 is 25.6. The number of pyridine rings is 1. The first-order valence-corrected chi connectivity index (χ1v) is 12.3. The number of hydrogen-bond donors (Lipinski definition) is 2. The van der Waals surface area contributed by atoms with Crippen LogP contribution >= 0.6 is 0 Å². The summed E-state index contributed by atoms with van der Waals surface area (Å²) in [5.74, 6) is -0.308. The van der Waals surface area contributed by atoms with Gasteiger partial charge in [0.1, 0.15) is 11.6 Å². The van der Waals surface area contributed by atoms with Crippen molar-refractivity contribution in [2.24, 2.45) is 4.99 Å². The number of ether oxygens (including phenoxy) is 2. The number of allylic oxidation sites excluding steroid dienone is 1. The fourth-order valence-electron chi connectivity index (χ4n) is 3.86. The average molecular weight is 535 g/mol. The molecule has 10 heteroatoms. The van der Waals surface area contributed by atoms with Crippen LogP contribution in [0.4, 0.5) is 21.6 Å². The molecule has 1 heterocycles. The fraction of sp³-hybridized carbons (Fsp3) is 0.276. The van der Waals surface area contributed by atoms with E-state index in [-0.39, 0.29) is 28.3 Å². The number of amides is 1. The first kappa shape index (κ1) is 29.3. The third-order valence-corrected chi connectivity index (χ3v) is 5.98. The number of aromatic nitrogens is 1. The normalized spacial score (nSPS) is 11.3. The van der Waals surface area contributed by atoms with Crippen molar-refractivity contribution in [3.63, 3.8) is 0 Å². The predicted molar refractivity (Wildman–Crippen MR) is 155 cm³/mol. The lowest BCUT2D eigenvalue weighted by molar-refractivity contribution is 0.102. The summed E-state index contributed by atoms with van der Waals surface area (Å²) in [7, 11) is 8.96. The number of hydrogen-bond acceptors (Lipinski definition) is 8. The lowest BCUT2D eigenvalue weighted by atomic mass is 9.98. The van der Waals surface area contributed by atoms with Gasteiger partial charge in [-0.25, -0.2) is 9.37 Å². The molecule has 0 aliphatic rings. The highest BCUT2D eigenvalue weighted by molar-refractivity contribution is 6.10. The SMILES string of the molecule is C=C/C=N\c1c(C(=O)Nc2ccc(CN(C)CCN(C)C)cn2)ccc(-c2cc(OC)cc(OC)c2F)c1N. The monoisotopic (exact) mass is 534 g/mol. The molecule has 0 fully saturated rings. The van der Waals surface area contributed by atoms with Crippen LogP contribution in [-0.4, -0.2) is 75.4 Å². The van der Waals surface area contributed by atoms with Gasteiger partial charge < -0.3 is 30.3 Å². The summed E-state index contributed by atoms with van der Waals surface area (Å²) in [5.41, 5.74) is 8.43. The lowest BCUT2D eigenvalue weighted by Crippen LogP contribution is -2.28. The van der Waals surface area contributed by atoms with Crippen LogP contribution in [0.15, 0.2) is 60.2 Å². The van der Waals surface area contributed by atoms with Crippen LogP contribution < -0.4 is 20.5 Å². The molecule has 0 saturated heterocycles. The summed E-state index contributed by atoms with van der Waals surface area (Å²) >= 11 is 0. The van der Waals surface area contributed by atoms with E-state index in [4.69, 9.17) is 15.2 Å². The van der Waals surface area contributed by atoms with Gasteiger partial charge in [0.25, 0.3) is 5.91 Å². The third kappa shape index (κ3) is 7.40. The Labute approximate surface area is 228 Å². The molecule has 3 rings (SSSR count). The van der Waals surface area contributed by atoms with Crippen LogP contribution in [-0.2, 0) is 6.54 Å². The molecule has 0 unspecified atom stereocenters. The van der Waals surface area contributed by atoms with Gasteiger partial charge >= 0.3 is 0 Å². The molecule has 0 atom stereocenters. The van der Waals surface area contributed by atoms with E-state index in [1.807, 2.05) is 27.2 Å². The minimum atomic E-state index is -0.613. The summed E-state index contributed by atoms with van der Waals surface area (Å²) in [6, 6.07) is 9.71. The number of nitrogen functional groups attached to an aromatic ring is 1. The van der Waals surface area contributed by atoms with Crippen LogP contribution in [0.2, 0.25) is 0 Å². The van der Waals surface area contributed by atoms with E-state index >= 15 is 4.39 Å². The van der Waals surface area contributed by atoms with Crippen molar-refractivity contribution in [2.75, 3.05) is 59.5 Å². The van der Waals surface area contributed by atoms with E-state index in [1.165, 1.54) is 44.7 Å². The highest BCUT2D eigenvalue weighted by Crippen LogP contribution is 2.41. The number of methoxy groups -OCH3 is 2. The molecule has 9 nitrogen and oxygen atoms in total. The van der Waals surface area contributed by atoms with Crippen LogP contribution in [0.25, 0.3) is 11.1 Å². The van der Waals surface area contributed by atoms with Crippen molar-refractivity contribution in [1.29, 1.82) is 0 Å². The van der Waals surface area contributed by atoms with Gasteiger partial charge in [0.05, 0.1) is 31.2 Å². The van der Waals surface area contributed by atoms with Gasteiger partial charge in [0, 0.05) is 49.2 Å².